The monoisotopic (exact) mass is 331 g/mol. The number of hydrogen-bond acceptors (Lipinski definition) is 4. The largest absolute Gasteiger partial charge is 0.465 e. The van der Waals surface area contributed by atoms with E-state index < -0.39 is 0 Å². The lowest BCUT2D eigenvalue weighted by Crippen LogP contribution is -2.27. The molecular formula is C16H10ClNO3S. The number of furan rings is 1. The van der Waals surface area contributed by atoms with E-state index in [4.69, 9.17) is 16.0 Å². The molecule has 1 aliphatic heterocycles. The van der Waals surface area contributed by atoms with Crippen LogP contribution >= 0.6 is 23.4 Å². The second-order valence-electron chi connectivity index (χ2n) is 4.39. The molecule has 4 nitrogen and oxygen atoms in total. The second kappa shape index (κ2) is 6.25. The van der Waals surface area contributed by atoms with Crippen molar-refractivity contribution >= 4 is 46.3 Å². The summed E-state index contributed by atoms with van der Waals surface area (Å²) in [4.78, 5) is 25.8. The minimum absolute atomic E-state index is 0.343. The zero-order valence-electron chi connectivity index (χ0n) is 11.2. The highest BCUT2D eigenvalue weighted by atomic mass is 35.5. The van der Waals surface area contributed by atoms with Crippen LogP contribution in [0.3, 0.4) is 0 Å². The maximum atomic E-state index is 12.3. The summed E-state index contributed by atoms with van der Waals surface area (Å²) < 4.78 is 5.15. The van der Waals surface area contributed by atoms with E-state index in [0.29, 0.717) is 21.4 Å². The minimum atomic E-state index is -0.360. The molecule has 2 amide bonds. The fourth-order valence-corrected chi connectivity index (χ4v) is 2.91. The molecule has 22 heavy (non-hydrogen) atoms. The Hall–Kier alpha value is -2.24. The van der Waals surface area contributed by atoms with Crippen molar-refractivity contribution in [2.45, 2.75) is 0 Å². The number of imide groups is 1. The molecule has 0 spiro atoms. The molecule has 2 aromatic rings. The number of hydrogen-bond donors (Lipinski definition) is 0. The highest BCUT2D eigenvalue weighted by Gasteiger charge is 2.35. The lowest BCUT2D eigenvalue weighted by molar-refractivity contribution is -0.113. The average Bonchev–Trinajstić information content (AvgIpc) is 3.08. The Kier molecular flexibility index (Phi) is 4.18. The quantitative estimate of drug-likeness (QED) is 0.763. The number of benzene rings is 1. The zero-order chi connectivity index (χ0) is 15.5. The van der Waals surface area contributed by atoms with Crippen LogP contribution in [0, 0.1) is 0 Å². The van der Waals surface area contributed by atoms with Gasteiger partial charge >= 0.3 is 0 Å². The van der Waals surface area contributed by atoms with Crippen LogP contribution in [0.1, 0.15) is 5.76 Å². The number of carbonyl (C=O) groups excluding carboxylic acids is 2. The van der Waals surface area contributed by atoms with Gasteiger partial charge in [-0.05, 0) is 54.2 Å². The third-order valence-electron chi connectivity index (χ3n) is 2.91. The van der Waals surface area contributed by atoms with Crippen molar-refractivity contribution in [1.82, 2.24) is 0 Å². The molecule has 0 bridgehead atoms. The topological polar surface area (TPSA) is 50.5 Å². The SMILES string of the molecule is O=C1S/C(=C/C=C/c2ccco2)C(=O)N1c1cccc(Cl)c1. The first-order chi connectivity index (χ1) is 10.6. The highest BCUT2D eigenvalue weighted by molar-refractivity contribution is 8.18. The molecule has 1 fully saturated rings. The second-order valence-corrected chi connectivity index (χ2v) is 5.82. The maximum Gasteiger partial charge on any atom is 0.298 e. The van der Waals surface area contributed by atoms with Gasteiger partial charge in [-0.1, -0.05) is 23.7 Å². The van der Waals surface area contributed by atoms with E-state index in [-0.39, 0.29) is 11.1 Å². The normalized spacial score (nSPS) is 17.1. The summed E-state index contributed by atoms with van der Waals surface area (Å²) in [5, 5.41) is 0.128. The number of amides is 2. The van der Waals surface area contributed by atoms with Gasteiger partial charge in [-0.3, -0.25) is 9.59 Å². The van der Waals surface area contributed by atoms with Crippen molar-refractivity contribution in [3.63, 3.8) is 0 Å². The van der Waals surface area contributed by atoms with E-state index in [2.05, 4.69) is 0 Å². The van der Waals surface area contributed by atoms with Crippen molar-refractivity contribution in [2.75, 3.05) is 4.90 Å². The zero-order valence-corrected chi connectivity index (χ0v) is 12.8. The third kappa shape index (κ3) is 3.00. The van der Waals surface area contributed by atoms with Gasteiger partial charge in [0.15, 0.2) is 0 Å². The summed E-state index contributed by atoms with van der Waals surface area (Å²) in [7, 11) is 0. The van der Waals surface area contributed by atoms with E-state index in [0.717, 1.165) is 16.7 Å². The van der Waals surface area contributed by atoms with Crippen LogP contribution in [-0.4, -0.2) is 11.1 Å². The molecule has 1 aliphatic rings. The summed E-state index contributed by atoms with van der Waals surface area (Å²) in [5.41, 5.74) is 0.466. The van der Waals surface area contributed by atoms with Crippen LogP contribution in [-0.2, 0) is 4.79 Å². The molecule has 1 saturated heterocycles. The average molecular weight is 332 g/mol. The summed E-state index contributed by atoms with van der Waals surface area (Å²) in [6, 6.07) is 10.2. The minimum Gasteiger partial charge on any atom is -0.465 e. The summed E-state index contributed by atoms with van der Waals surface area (Å²) in [6.07, 6.45) is 6.55. The Morgan fingerprint density at radius 2 is 2.05 bits per heavy atom. The van der Waals surface area contributed by atoms with Gasteiger partial charge in [0.05, 0.1) is 16.9 Å². The lowest BCUT2D eigenvalue weighted by atomic mass is 10.3. The predicted molar refractivity (Wildman–Crippen MR) is 87.8 cm³/mol. The van der Waals surface area contributed by atoms with Crippen LogP contribution < -0.4 is 4.90 Å². The molecule has 0 N–H and O–H groups in total. The van der Waals surface area contributed by atoms with Gasteiger partial charge < -0.3 is 4.42 Å². The Balaban J connectivity index is 1.82. The molecule has 1 aromatic heterocycles. The van der Waals surface area contributed by atoms with E-state index >= 15 is 0 Å². The van der Waals surface area contributed by atoms with Gasteiger partial charge in [-0.15, -0.1) is 0 Å². The Morgan fingerprint density at radius 3 is 2.77 bits per heavy atom. The Morgan fingerprint density at radius 1 is 1.18 bits per heavy atom. The van der Waals surface area contributed by atoms with Crippen LogP contribution in [0.15, 0.2) is 64.1 Å². The fraction of sp³-hybridized carbons (Fsp3) is 0. The first kappa shape index (κ1) is 14.7. The number of carbonyl (C=O) groups is 2. The van der Waals surface area contributed by atoms with E-state index in [1.54, 1.807) is 60.9 Å². The molecule has 2 heterocycles. The van der Waals surface area contributed by atoms with Gasteiger partial charge in [-0.2, -0.15) is 0 Å². The Labute approximate surface area is 136 Å². The predicted octanol–water partition coefficient (Wildman–Crippen LogP) is 4.73. The molecule has 0 radical (unpaired) electrons. The highest BCUT2D eigenvalue weighted by Crippen LogP contribution is 2.35. The molecule has 1 aromatic carbocycles. The number of halogens is 1. The first-order valence-corrected chi connectivity index (χ1v) is 7.58. The van der Waals surface area contributed by atoms with Crippen LogP contribution in [0.2, 0.25) is 5.02 Å². The first-order valence-electron chi connectivity index (χ1n) is 6.39. The summed E-state index contributed by atoms with van der Waals surface area (Å²) >= 11 is 6.80. The van der Waals surface area contributed by atoms with Crippen LogP contribution in [0.5, 0.6) is 0 Å². The molecule has 6 heteroatoms. The van der Waals surface area contributed by atoms with Gasteiger partial charge in [0.1, 0.15) is 5.76 Å². The number of allylic oxidation sites excluding steroid dienone is 2. The van der Waals surface area contributed by atoms with Crippen molar-refractivity contribution in [3.8, 4) is 0 Å². The van der Waals surface area contributed by atoms with Gasteiger partial charge in [0.2, 0.25) is 0 Å². The molecule has 0 atom stereocenters. The van der Waals surface area contributed by atoms with E-state index in [1.807, 2.05) is 0 Å². The molecular weight excluding hydrogens is 322 g/mol. The molecule has 3 rings (SSSR count). The van der Waals surface area contributed by atoms with Crippen LogP contribution in [0.4, 0.5) is 10.5 Å². The number of rotatable bonds is 3. The lowest BCUT2D eigenvalue weighted by Gasteiger charge is -2.12. The standard InChI is InChI=1S/C16H10ClNO3S/c17-11-4-1-5-12(10-11)18-15(19)14(22-16(18)20)8-2-6-13-7-3-9-21-13/h1-10H/b6-2+,14-8+. The van der Waals surface area contributed by atoms with Crippen LogP contribution in [0.25, 0.3) is 6.08 Å². The maximum absolute atomic E-state index is 12.3. The third-order valence-corrected chi connectivity index (χ3v) is 4.03. The van der Waals surface area contributed by atoms with Crippen molar-refractivity contribution in [1.29, 1.82) is 0 Å². The fourth-order valence-electron chi connectivity index (χ4n) is 1.94. The molecule has 0 aliphatic carbocycles. The smallest absolute Gasteiger partial charge is 0.298 e. The molecule has 0 unspecified atom stereocenters. The number of thioether (sulfide) groups is 1. The van der Waals surface area contributed by atoms with Crippen molar-refractivity contribution in [2.24, 2.45) is 0 Å². The van der Waals surface area contributed by atoms with Gasteiger partial charge in [0, 0.05) is 5.02 Å². The van der Waals surface area contributed by atoms with Gasteiger partial charge in [-0.25, -0.2) is 4.90 Å². The molecule has 0 saturated carbocycles. The summed E-state index contributed by atoms with van der Waals surface area (Å²) in [6.45, 7) is 0. The van der Waals surface area contributed by atoms with Gasteiger partial charge in [0.25, 0.3) is 11.1 Å². The number of nitrogens with zero attached hydrogens (tertiary/aromatic N) is 1. The van der Waals surface area contributed by atoms with Crippen molar-refractivity contribution < 1.29 is 14.0 Å². The van der Waals surface area contributed by atoms with Crippen molar-refractivity contribution in [3.05, 3.63) is 70.5 Å². The number of anilines is 1. The van der Waals surface area contributed by atoms with E-state index in [1.165, 1.54) is 0 Å². The molecule has 110 valence electrons. The Bertz CT molecular complexity index is 780. The van der Waals surface area contributed by atoms with E-state index in [9.17, 15) is 9.59 Å². The summed E-state index contributed by atoms with van der Waals surface area (Å²) in [5.74, 6) is 0.312.